The lowest BCUT2D eigenvalue weighted by molar-refractivity contribution is -0.384. The number of anilines is 2. The van der Waals surface area contributed by atoms with Crippen molar-refractivity contribution in [2.45, 2.75) is 11.3 Å². The number of nitro groups is 1. The molecule has 0 heterocycles. The smallest absolute Gasteiger partial charge is 0.326 e. The topological polar surface area (TPSA) is 131 Å². The molecule has 0 aliphatic heterocycles. The highest BCUT2D eigenvalue weighted by atomic mass is 35.5. The number of nitrogens with one attached hydrogen (secondary N) is 2. The zero-order valence-corrected chi connectivity index (χ0v) is 24.8. The van der Waals surface area contributed by atoms with E-state index in [0.29, 0.717) is 27.9 Å². The molecule has 0 spiro atoms. The number of ether oxygens (including phenoxy) is 1. The average molecular weight is 650 g/mol. The molecular weight excluding hydrogens is 627 g/mol. The van der Waals surface area contributed by atoms with E-state index in [0.717, 1.165) is 12.1 Å². The van der Waals surface area contributed by atoms with Crippen LogP contribution in [0.15, 0.2) is 95.9 Å². The normalized spacial score (nSPS) is 11.1. The number of benzene rings is 4. The fourth-order valence-corrected chi connectivity index (χ4v) is 5.34. The lowest BCUT2D eigenvalue weighted by atomic mass is 10.2. The maximum atomic E-state index is 13.3. The molecule has 218 valence electrons. The van der Waals surface area contributed by atoms with Crippen molar-refractivity contribution in [3.63, 3.8) is 0 Å². The fraction of sp³-hybridized carbons (Fsp3) is 0.107. The highest BCUT2D eigenvalue weighted by Gasteiger charge is 2.21. The van der Waals surface area contributed by atoms with E-state index in [2.05, 4.69) is 10.0 Å². The van der Waals surface area contributed by atoms with E-state index in [1.165, 1.54) is 17.0 Å². The minimum atomic E-state index is -4.08. The summed E-state index contributed by atoms with van der Waals surface area (Å²) in [5.41, 5.74) is 0.405. The predicted molar refractivity (Wildman–Crippen MR) is 164 cm³/mol. The fourth-order valence-electron chi connectivity index (χ4n) is 3.76. The number of carbonyl (C=O) groups is 1. The Hall–Kier alpha value is -3.87. The molecular formula is C28H23Cl3N4O6S. The summed E-state index contributed by atoms with van der Waals surface area (Å²) in [6.07, 6.45) is 0.200. The summed E-state index contributed by atoms with van der Waals surface area (Å²) in [4.78, 5) is 24.8. The highest BCUT2D eigenvalue weighted by molar-refractivity contribution is 7.89. The number of urea groups is 1. The second-order valence-corrected chi connectivity index (χ2v) is 11.7. The van der Waals surface area contributed by atoms with E-state index in [-0.39, 0.29) is 34.5 Å². The third kappa shape index (κ3) is 8.11. The molecule has 4 rings (SSSR count). The van der Waals surface area contributed by atoms with Crippen molar-refractivity contribution in [2.24, 2.45) is 0 Å². The number of carbonyl (C=O) groups excluding carboxylic acids is 1. The van der Waals surface area contributed by atoms with Gasteiger partial charge in [0, 0.05) is 30.5 Å². The van der Waals surface area contributed by atoms with E-state index in [4.69, 9.17) is 39.5 Å². The first-order valence-corrected chi connectivity index (χ1v) is 15.0. The van der Waals surface area contributed by atoms with Crippen molar-refractivity contribution >= 4 is 67.9 Å². The minimum absolute atomic E-state index is 0.0650. The van der Waals surface area contributed by atoms with Gasteiger partial charge < -0.3 is 10.1 Å². The molecule has 14 heteroatoms. The van der Waals surface area contributed by atoms with Crippen molar-refractivity contribution in [3.05, 3.63) is 116 Å². The van der Waals surface area contributed by atoms with Crippen LogP contribution in [0.1, 0.15) is 6.42 Å². The van der Waals surface area contributed by atoms with E-state index in [1.807, 2.05) is 30.3 Å². The quantitative estimate of drug-likeness (QED) is 0.0970. The Labute approximate surface area is 257 Å². The Morgan fingerprint density at radius 3 is 2.19 bits per heavy atom. The minimum Gasteiger partial charge on any atom is -0.457 e. The molecule has 4 aromatic carbocycles. The van der Waals surface area contributed by atoms with Crippen LogP contribution in [0.3, 0.4) is 0 Å². The first-order valence-electron chi connectivity index (χ1n) is 12.3. The number of amides is 2. The molecule has 0 saturated carbocycles. The predicted octanol–water partition coefficient (Wildman–Crippen LogP) is 7.75. The maximum absolute atomic E-state index is 13.3. The molecule has 2 amide bonds. The molecule has 0 saturated heterocycles. The lowest BCUT2D eigenvalue weighted by Gasteiger charge is -2.24. The van der Waals surface area contributed by atoms with Gasteiger partial charge in [-0.3, -0.25) is 15.0 Å². The summed E-state index contributed by atoms with van der Waals surface area (Å²) < 4.78 is 33.7. The van der Waals surface area contributed by atoms with Crippen LogP contribution in [-0.4, -0.2) is 32.5 Å². The van der Waals surface area contributed by atoms with Gasteiger partial charge >= 0.3 is 6.03 Å². The van der Waals surface area contributed by atoms with Crippen molar-refractivity contribution in [1.29, 1.82) is 0 Å². The van der Waals surface area contributed by atoms with Crippen molar-refractivity contribution < 1.29 is 22.9 Å². The van der Waals surface area contributed by atoms with Crippen molar-refractivity contribution in [3.8, 4) is 11.5 Å². The number of para-hydroxylation sites is 1. The van der Waals surface area contributed by atoms with Crippen LogP contribution >= 0.6 is 34.8 Å². The van der Waals surface area contributed by atoms with E-state index < -0.39 is 26.7 Å². The molecule has 42 heavy (non-hydrogen) atoms. The third-order valence-corrected chi connectivity index (χ3v) is 8.34. The second kappa shape index (κ2) is 13.9. The number of sulfonamides is 1. The molecule has 0 unspecified atom stereocenters. The summed E-state index contributed by atoms with van der Waals surface area (Å²) in [5, 5.41) is 14.3. The molecule has 0 aliphatic carbocycles. The molecule has 0 bridgehead atoms. The number of hydrogen-bond acceptors (Lipinski definition) is 6. The van der Waals surface area contributed by atoms with Crippen LogP contribution < -0.4 is 19.7 Å². The Morgan fingerprint density at radius 2 is 1.52 bits per heavy atom. The molecule has 4 aromatic rings. The summed E-state index contributed by atoms with van der Waals surface area (Å²) in [6.45, 7) is 0.0415. The number of nitro benzene ring substituents is 1. The highest BCUT2D eigenvalue weighted by Crippen LogP contribution is 2.29. The zero-order chi connectivity index (χ0) is 30.3. The Kier molecular flexibility index (Phi) is 10.3. The molecule has 0 atom stereocenters. The van der Waals surface area contributed by atoms with Gasteiger partial charge in [0.1, 0.15) is 16.5 Å². The van der Waals surface area contributed by atoms with Gasteiger partial charge in [-0.1, -0.05) is 53.0 Å². The first kappa shape index (κ1) is 31.1. The van der Waals surface area contributed by atoms with Gasteiger partial charge in [-0.05, 0) is 73.2 Å². The standard InChI is InChI=1S/C28H23Cl3N4O6S/c29-24-13-7-19(17-26(24)31)33-28(36)34(20-8-10-22(11-9-20)41-21-5-2-1-3-6-21)16-4-15-32-42(39,40)23-12-14-25(30)27(18-23)35(37)38/h1-3,5-14,17-18,32H,4,15-16H2,(H,33,36). The number of nitrogens with zero attached hydrogens (tertiary/aromatic N) is 2. The van der Waals surface area contributed by atoms with Crippen molar-refractivity contribution in [1.82, 2.24) is 4.72 Å². The van der Waals surface area contributed by atoms with Gasteiger partial charge in [-0.15, -0.1) is 0 Å². The first-order chi connectivity index (χ1) is 20.0. The van der Waals surface area contributed by atoms with Gasteiger partial charge in [0.25, 0.3) is 5.69 Å². The van der Waals surface area contributed by atoms with E-state index >= 15 is 0 Å². The van der Waals surface area contributed by atoms with Crippen LogP contribution in [0.5, 0.6) is 11.5 Å². The van der Waals surface area contributed by atoms with Gasteiger partial charge in [0.05, 0.1) is 19.9 Å². The number of rotatable bonds is 11. The Bertz CT molecular complexity index is 1690. The van der Waals surface area contributed by atoms with Crippen LogP contribution in [0.2, 0.25) is 15.1 Å². The van der Waals surface area contributed by atoms with Crippen molar-refractivity contribution in [2.75, 3.05) is 23.3 Å². The monoisotopic (exact) mass is 648 g/mol. The lowest BCUT2D eigenvalue weighted by Crippen LogP contribution is -2.37. The van der Waals surface area contributed by atoms with Crippen LogP contribution in [0.4, 0.5) is 21.9 Å². The van der Waals surface area contributed by atoms with Gasteiger partial charge in [-0.25, -0.2) is 17.9 Å². The maximum Gasteiger partial charge on any atom is 0.326 e. The largest absolute Gasteiger partial charge is 0.457 e. The molecule has 2 N–H and O–H groups in total. The SMILES string of the molecule is O=C(Nc1ccc(Cl)c(Cl)c1)N(CCCNS(=O)(=O)c1ccc(Cl)c([N+](=O)[O-])c1)c1ccc(Oc2ccccc2)cc1. The summed E-state index contributed by atoms with van der Waals surface area (Å²) in [6, 6.07) is 23.4. The third-order valence-electron chi connectivity index (χ3n) is 5.82. The molecule has 0 radical (unpaired) electrons. The van der Waals surface area contributed by atoms with Gasteiger partial charge in [0.15, 0.2) is 0 Å². The molecule has 0 fully saturated rings. The van der Waals surface area contributed by atoms with E-state index in [1.54, 1.807) is 36.4 Å². The van der Waals surface area contributed by atoms with Crippen LogP contribution in [0.25, 0.3) is 0 Å². The van der Waals surface area contributed by atoms with Crippen LogP contribution in [0, 0.1) is 10.1 Å². The number of halogens is 3. The Balaban J connectivity index is 1.47. The summed E-state index contributed by atoms with van der Waals surface area (Å²) in [5.74, 6) is 1.21. The number of hydrogen-bond donors (Lipinski definition) is 2. The second-order valence-electron chi connectivity index (χ2n) is 8.74. The van der Waals surface area contributed by atoms with Crippen LogP contribution in [-0.2, 0) is 10.0 Å². The summed E-state index contributed by atoms with van der Waals surface area (Å²) in [7, 11) is -4.08. The van der Waals surface area contributed by atoms with Gasteiger partial charge in [-0.2, -0.15) is 0 Å². The molecule has 0 aromatic heterocycles. The van der Waals surface area contributed by atoms with E-state index in [9.17, 15) is 23.3 Å². The molecule has 0 aliphatic rings. The summed E-state index contributed by atoms with van der Waals surface area (Å²) >= 11 is 17.9. The average Bonchev–Trinajstić information content (AvgIpc) is 2.96. The zero-order valence-electron chi connectivity index (χ0n) is 21.7. The molecule has 10 nitrogen and oxygen atoms in total. The van der Waals surface area contributed by atoms with Gasteiger partial charge in [0.2, 0.25) is 10.0 Å². The Morgan fingerprint density at radius 1 is 0.857 bits per heavy atom.